The van der Waals surface area contributed by atoms with Crippen LogP contribution in [0.4, 0.5) is 0 Å². The number of unbranched alkanes of at least 4 members (excludes halogenated alkanes) is 1. The molecule has 1 unspecified atom stereocenters. The number of esters is 1. The van der Waals surface area contributed by atoms with Crippen LogP contribution in [0.1, 0.15) is 49.0 Å². The van der Waals surface area contributed by atoms with E-state index in [1.54, 1.807) is 0 Å². The van der Waals surface area contributed by atoms with Crippen molar-refractivity contribution in [1.29, 1.82) is 0 Å². The van der Waals surface area contributed by atoms with Crippen molar-refractivity contribution in [3.05, 3.63) is 35.8 Å². The van der Waals surface area contributed by atoms with Gasteiger partial charge in [-0.15, -0.1) is 0 Å². The average molecular weight is 252 g/mol. The van der Waals surface area contributed by atoms with E-state index in [-0.39, 0.29) is 29.9 Å². The van der Waals surface area contributed by atoms with E-state index in [0.717, 1.165) is 18.9 Å². The molecule has 18 heavy (non-hydrogen) atoms. The van der Waals surface area contributed by atoms with Gasteiger partial charge in [0, 0.05) is 0 Å². The lowest BCUT2D eigenvalue weighted by Gasteiger charge is -2.13. The van der Waals surface area contributed by atoms with Crippen molar-refractivity contribution in [2.45, 2.75) is 33.1 Å². The van der Waals surface area contributed by atoms with Gasteiger partial charge in [-0.25, -0.2) is 4.79 Å². The van der Waals surface area contributed by atoms with Gasteiger partial charge < -0.3 is 4.74 Å². The lowest BCUT2D eigenvalue weighted by atomic mass is 9.99. The molecular formula is C15H20O3. The van der Waals surface area contributed by atoms with Gasteiger partial charge >= 0.3 is 5.97 Å². The highest BCUT2D eigenvalue weighted by Gasteiger charge is 2.16. The number of hydrogen-bond donors (Lipinski definition) is 0. The number of Topliss-reactive ketones (excluding diaryl/α,β-unsaturated/α-hetero) is 1. The normalized spacial score (nSPS) is 15.0. The molecule has 0 radical (unpaired) electrons. The first-order chi connectivity index (χ1) is 10.3. The fourth-order valence-electron chi connectivity index (χ4n) is 1.50. The maximum absolute atomic E-state index is 12.0. The van der Waals surface area contributed by atoms with Crippen LogP contribution in [-0.4, -0.2) is 18.4 Å². The minimum absolute atomic E-state index is 0.0591. The molecule has 1 rings (SSSR count). The molecule has 0 saturated carbocycles. The molecule has 0 fully saturated rings. The Morgan fingerprint density at radius 2 is 2.17 bits per heavy atom. The predicted molar refractivity (Wildman–Crippen MR) is 70.4 cm³/mol. The molecule has 0 bridgehead atoms. The topological polar surface area (TPSA) is 43.4 Å². The first kappa shape index (κ1) is 9.31. The second-order valence-electron chi connectivity index (χ2n) is 4.13. The fourth-order valence-corrected chi connectivity index (χ4v) is 1.50. The van der Waals surface area contributed by atoms with E-state index < -0.39 is 24.1 Å². The maximum Gasteiger partial charge on any atom is 0.338 e. The van der Waals surface area contributed by atoms with Crippen LogP contribution >= 0.6 is 0 Å². The van der Waals surface area contributed by atoms with Gasteiger partial charge in [-0.2, -0.15) is 0 Å². The van der Waals surface area contributed by atoms with Crippen molar-refractivity contribution >= 4 is 11.8 Å². The van der Waals surface area contributed by atoms with E-state index in [4.69, 9.17) is 10.2 Å². The number of ketones is 1. The molecule has 0 amide bonds. The standard InChI is InChI=1S/C15H20O3/c1-3-4-8-14(12(2)16)11-18-15(17)13-9-6-5-7-10-13/h5-7,9-10,14H,3-4,8,11H2,1-2H3/i5D,6D,7D,9D. The first-order valence-corrected chi connectivity index (χ1v) is 6.04. The third-order valence-corrected chi connectivity index (χ3v) is 2.66. The van der Waals surface area contributed by atoms with E-state index >= 15 is 0 Å². The molecule has 1 atom stereocenters. The Morgan fingerprint density at radius 1 is 1.39 bits per heavy atom. The van der Waals surface area contributed by atoms with E-state index in [1.165, 1.54) is 6.92 Å². The van der Waals surface area contributed by atoms with Crippen molar-refractivity contribution in [1.82, 2.24) is 0 Å². The fraction of sp³-hybridized carbons (Fsp3) is 0.467. The molecule has 0 heterocycles. The van der Waals surface area contributed by atoms with Crippen LogP contribution in [0.3, 0.4) is 0 Å². The summed E-state index contributed by atoms with van der Waals surface area (Å²) in [5.74, 6) is -1.27. The minimum Gasteiger partial charge on any atom is -0.461 e. The number of hydrogen-bond acceptors (Lipinski definition) is 3. The molecule has 1 aromatic carbocycles. The Bertz CT molecular complexity index is 572. The van der Waals surface area contributed by atoms with Crippen LogP contribution in [0.5, 0.6) is 0 Å². The molecule has 0 N–H and O–H groups in total. The summed E-state index contributed by atoms with van der Waals surface area (Å²) in [6, 6.07) is -0.555. The van der Waals surface area contributed by atoms with Gasteiger partial charge in [-0.05, 0) is 25.5 Å². The summed E-state index contributed by atoms with van der Waals surface area (Å²) >= 11 is 0. The van der Waals surface area contributed by atoms with Gasteiger partial charge in [0.2, 0.25) is 0 Å². The van der Waals surface area contributed by atoms with Crippen molar-refractivity contribution in [2.75, 3.05) is 6.61 Å². The average Bonchev–Trinajstić information content (AvgIpc) is 2.48. The van der Waals surface area contributed by atoms with Crippen LogP contribution in [0.25, 0.3) is 0 Å². The highest BCUT2D eigenvalue weighted by molar-refractivity contribution is 5.89. The Kier molecular flexibility index (Phi) is 3.95. The molecule has 1 aromatic rings. The summed E-state index contributed by atoms with van der Waals surface area (Å²) in [6.07, 6.45) is 2.42. The second kappa shape index (κ2) is 7.64. The zero-order valence-corrected chi connectivity index (χ0v) is 10.7. The van der Waals surface area contributed by atoms with Crippen LogP contribution < -0.4 is 0 Å². The molecule has 3 nitrogen and oxygen atoms in total. The van der Waals surface area contributed by atoms with Crippen molar-refractivity contribution in [3.63, 3.8) is 0 Å². The van der Waals surface area contributed by atoms with Crippen LogP contribution in [0.15, 0.2) is 30.2 Å². The van der Waals surface area contributed by atoms with Crippen molar-refractivity contribution in [2.24, 2.45) is 5.92 Å². The number of carbonyl (C=O) groups is 2. The zero-order chi connectivity index (χ0) is 16.9. The monoisotopic (exact) mass is 252 g/mol. The van der Waals surface area contributed by atoms with E-state index in [2.05, 4.69) is 0 Å². The quantitative estimate of drug-likeness (QED) is 0.700. The van der Waals surface area contributed by atoms with E-state index in [1.807, 2.05) is 6.92 Å². The highest BCUT2D eigenvalue weighted by atomic mass is 16.5. The summed E-state index contributed by atoms with van der Waals surface area (Å²) < 4.78 is 35.2. The Morgan fingerprint density at radius 3 is 2.83 bits per heavy atom. The number of ether oxygens (including phenoxy) is 1. The Hall–Kier alpha value is -1.64. The zero-order valence-electron chi connectivity index (χ0n) is 14.7. The largest absolute Gasteiger partial charge is 0.461 e. The van der Waals surface area contributed by atoms with E-state index in [0.29, 0.717) is 6.42 Å². The lowest BCUT2D eigenvalue weighted by Crippen LogP contribution is -2.20. The summed E-state index contributed by atoms with van der Waals surface area (Å²) in [7, 11) is 0. The predicted octanol–water partition coefficient (Wildman–Crippen LogP) is 3.24. The molecule has 3 heteroatoms. The first-order valence-electron chi connectivity index (χ1n) is 8.04. The van der Waals surface area contributed by atoms with Crippen LogP contribution in [0.2, 0.25) is 0 Å². The molecule has 98 valence electrons. The SMILES string of the molecule is [2H]c1cc(C(=O)OCC(CCCC)C(C)=O)c([2H])c([2H])c1[2H]. The maximum atomic E-state index is 12.0. The smallest absolute Gasteiger partial charge is 0.338 e. The highest BCUT2D eigenvalue weighted by Crippen LogP contribution is 2.11. The second-order valence-corrected chi connectivity index (χ2v) is 4.13. The molecule has 0 aliphatic carbocycles. The van der Waals surface area contributed by atoms with Crippen molar-refractivity contribution < 1.29 is 19.8 Å². The molecule has 0 aliphatic heterocycles. The summed E-state index contributed by atoms with van der Waals surface area (Å²) in [6.45, 7) is 3.38. The van der Waals surface area contributed by atoms with Crippen LogP contribution in [-0.2, 0) is 9.53 Å². The van der Waals surface area contributed by atoms with Crippen molar-refractivity contribution in [3.8, 4) is 0 Å². The minimum atomic E-state index is -0.838. The van der Waals surface area contributed by atoms with Gasteiger partial charge in [-0.3, -0.25) is 4.79 Å². The third kappa shape index (κ3) is 4.70. The van der Waals surface area contributed by atoms with Gasteiger partial charge in [-0.1, -0.05) is 37.9 Å². The van der Waals surface area contributed by atoms with E-state index in [9.17, 15) is 9.59 Å². The summed E-state index contributed by atoms with van der Waals surface area (Å²) in [5.41, 5.74) is -0.219. The van der Waals surface area contributed by atoms with Gasteiger partial charge in [0.05, 0.1) is 17.0 Å². The molecule has 0 aromatic heterocycles. The Balaban J connectivity index is 2.83. The summed E-state index contributed by atoms with van der Waals surface area (Å²) in [5, 5.41) is 0. The number of carbonyl (C=O) groups excluding carboxylic acids is 2. The van der Waals surface area contributed by atoms with Crippen LogP contribution in [0, 0.1) is 5.92 Å². The Labute approximate surface area is 114 Å². The number of benzene rings is 1. The molecule has 0 saturated heterocycles. The van der Waals surface area contributed by atoms with Gasteiger partial charge in [0.25, 0.3) is 0 Å². The van der Waals surface area contributed by atoms with Gasteiger partial charge in [0.1, 0.15) is 12.4 Å². The van der Waals surface area contributed by atoms with Gasteiger partial charge in [0.15, 0.2) is 0 Å². The summed E-state index contributed by atoms with van der Waals surface area (Å²) in [4.78, 5) is 23.5. The third-order valence-electron chi connectivity index (χ3n) is 2.66. The number of rotatable bonds is 7. The molecule has 0 aliphatic rings. The molecular weight excluding hydrogens is 228 g/mol. The molecule has 0 spiro atoms. The lowest BCUT2D eigenvalue weighted by molar-refractivity contribution is -0.122.